The van der Waals surface area contributed by atoms with E-state index in [9.17, 15) is 4.79 Å². The molecular formula is C16H20ClN5O. The quantitative estimate of drug-likeness (QED) is 0.859. The number of carbonyl (C=O) groups excluding carboxylic acids is 1. The molecule has 0 radical (unpaired) electrons. The first-order valence-corrected chi connectivity index (χ1v) is 8.11. The van der Waals surface area contributed by atoms with Crippen molar-refractivity contribution in [1.82, 2.24) is 19.7 Å². The Hall–Kier alpha value is -2.08. The third-order valence-corrected chi connectivity index (χ3v) is 4.41. The number of hydrogen-bond acceptors (Lipinski definition) is 4. The molecule has 1 fully saturated rings. The molecule has 122 valence electrons. The third-order valence-electron chi connectivity index (χ3n) is 4.21. The minimum atomic E-state index is 0.0395. The molecule has 23 heavy (non-hydrogen) atoms. The van der Waals surface area contributed by atoms with Crippen LogP contribution in [0.4, 0.5) is 5.82 Å². The van der Waals surface area contributed by atoms with Crippen molar-refractivity contribution in [2.75, 3.05) is 25.0 Å². The molecule has 2 aromatic heterocycles. The number of hydrogen-bond donors (Lipinski definition) is 0. The van der Waals surface area contributed by atoms with Gasteiger partial charge in [-0.1, -0.05) is 17.7 Å². The van der Waals surface area contributed by atoms with Gasteiger partial charge in [0.15, 0.2) is 0 Å². The molecule has 0 unspecified atom stereocenters. The number of nitrogens with zero attached hydrogens (tertiary/aromatic N) is 5. The smallest absolute Gasteiger partial charge is 0.244 e. The van der Waals surface area contributed by atoms with Crippen LogP contribution >= 0.6 is 11.6 Å². The van der Waals surface area contributed by atoms with Crippen molar-refractivity contribution < 1.29 is 4.79 Å². The molecule has 0 saturated carbocycles. The molecule has 0 aromatic carbocycles. The van der Waals surface area contributed by atoms with E-state index in [-0.39, 0.29) is 18.5 Å². The van der Waals surface area contributed by atoms with Crippen molar-refractivity contribution >= 4 is 23.3 Å². The van der Waals surface area contributed by atoms with Crippen molar-refractivity contribution in [2.24, 2.45) is 0 Å². The van der Waals surface area contributed by atoms with Crippen LogP contribution in [0.25, 0.3) is 0 Å². The highest BCUT2D eigenvalue weighted by Gasteiger charge is 2.26. The van der Waals surface area contributed by atoms with E-state index in [1.54, 1.807) is 17.1 Å². The molecule has 1 aliphatic rings. The fraction of sp³-hybridized carbons (Fsp3) is 0.438. The van der Waals surface area contributed by atoms with Gasteiger partial charge in [0.25, 0.3) is 0 Å². The lowest BCUT2D eigenvalue weighted by atomic mass is 10.0. The molecule has 0 bridgehead atoms. The second kappa shape index (κ2) is 7.00. The van der Waals surface area contributed by atoms with Crippen LogP contribution in [0.15, 0.2) is 36.8 Å². The van der Waals surface area contributed by atoms with Gasteiger partial charge in [0, 0.05) is 38.6 Å². The van der Waals surface area contributed by atoms with Crippen molar-refractivity contribution in [3.63, 3.8) is 0 Å². The zero-order valence-corrected chi connectivity index (χ0v) is 13.9. The normalized spacial score (nSPS) is 18.0. The van der Waals surface area contributed by atoms with Crippen LogP contribution in [0.2, 0.25) is 5.02 Å². The SMILES string of the molecule is CN(C(=O)Cn1cc(Cl)cn1)[C@H]1CCCN(c2ccccn2)C1. The van der Waals surface area contributed by atoms with E-state index in [1.165, 1.54) is 6.20 Å². The van der Waals surface area contributed by atoms with Gasteiger partial charge in [-0.2, -0.15) is 5.10 Å². The van der Waals surface area contributed by atoms with E-state index in [0.29, 0.717) is 5.02 Å². The number of likely N-dealkylation sites (N-methyl/N-ethyl adjacent to an activating group) is 1. The van der Waals surface area contributed by atoms with E-state index in [4.69, 9.17) is 11.6 Å². The highest BCUT2D eigenvalue weighted by Crippen LogP contribution is 2.20. The Bertz CT molecular complexity index is 660. The van der Waals surface area contributed by atoms with Gasteiger partial charge in [0.05, 0.1) is 11.2 Å². The van der Waals surface area contributed by atoms with Crippen LogP contribution in [0, 0.1) is 0 Å². The van der Waals surface area contributed by atoms with Crippen molar-refractivity contribution in [2.45, 2.75) is 25.4 Å². The van der Waals surface area contributed by atoms with Gasteiger partial charge in [-0.05, 0) is 25.0 Å². The van der Waals surface area contributed by atoms with Crippen LogP contribution in [-0.2, 0) is 11.3 Å². The summed E-state index contributed by atoms with van der Waals surface area (Å²) in [6.07, 6.45) is 7.06. The van der Waals surface area contributed by atoms with Gasteiger partial charge < -0.3 is 9.80 Å². The summed E-state index contributed by atoms with van der Waals surface area (Å²) in [6.45, 7) is 1.99. The van der Waals surface area contributed by atoms with Crippen LogP contribution < -0.4 is 4.90 Å². The topological polar surface area (TPSA) is 54.3 Å². The molecule has 0 spiro atoms. The van der Waals surface area contributed by atoms with Crippen LogP contribution in [0.3, 0.4) is 0 Å². The minimum absolute atomic E-state index is 0.0395. The van der Waals surface area contributed by atoms with E-state index in [0.717, 1.165) is 31.7 Å². The maximum absolute atomic E-state index is 12.5. The van der Waals surface area contributed by atoms with Crippen LogP contribution in [0.5, 0.6) is 0 Å². The van der Waals surface area contributed by atoms with Gasteiger partial charge in [0.1, 0.15) is 12.4 Å². The van der Waals surface area contributed by atoms with E-state index >= 15 is 0 Å². The van der Waals surface area contributed by atoms with Gasteiger partial charge in [-0.3, -0.25) is 9.48 Å². The third kappa shape index (κ3) is 3.82. The highest BCUT2D eigenvalue weighted by molar-refractivity contribution is 6.30. The Morgan fingerprint density at radius 2 is 2.35 bits per heavy atom. The second-order valence-corrected chi connectivity index (χ2v) is 6.23. The van der Waals surface area contributed by atoms with Crippen LogP contribution in [0.1, 0.15) is 12.8 Å². The first-order valence-electron chi connectivity index (χ1n) is 7.73. The summed E-state index contributed by atoms with van der Waals surface area (Å²) in [4.78, 5) is 20.9. The lowest BCUT2D eigenvalue weighted by Crippen LogP contribution is -2.49. The molecular weight excluding hydrogens is 314 g/mol. The molecule has 0 aliphatic carbocycles. The molecule has 6 nitrogen and oxygen atoms in total. The lowest BCUT2D eigenvalue weighted by Gasteiger charge is -2.38. The van der Waals surface area contributed by atoms with Crippen LogP contribution in [-0.4, -0.2) is 51.8 Å². The Labute approximate surface area is 140 Å². The Kier molecular flexibility index (Phi) is 4.81. The molecule has 2 aromatic rings. The fourth-order valence-corrected chi connectivity index (χ4v) is 3.05. The van der Waals surface area contributed by atoms with Gasteiger partial charge >= 0.3 is 0 Å². The van der Waals surface area contributed by atoms with E-state index in [2.05, 4.69) is 15.0 Å². The van der Waals surface area contributed by atoms with Crippen molar-refractivity contribution in [1.29, 1.82) is 0 Å². The fourth-order valence-electron chi connectivity index (χ4n) is 2.90. The number of carbonyl (C=O) groups is 1. The molecule has 3 rings (SSSR count). The molecule has 1 atom stereocenters. The first kappa shape index (κ1) is 15.8. The predicted octanol–water partition coefficient (Wildman–Crippen LogP) is 2.06. The van der Waals surface area contributed by atoms with E-state index < -0.39 is 0 Å². The van der Waals surface area contributed by atoms with Gasteiger partial charge in [-0.25, -0.2) is 4.98 Å². The van der Waals surface area contributed by atoms with E-state index in [1.807, 2.05) is 30.1 Å². The number of amides is 1. The van der Waals surface area contributed by atoms with Gasteiger partial charge in [-0.15, -0.1) is 0 Å². The summed E-state index contributed by atoms with van der Waals surface area (Å²) in [5.41, 5.74) is 0. The zero-order chi connectivity index (χ0) is 16.2. The largest absolute Gasteiger partial charge is 0.355 e. The zero-order valence-electron chi connectivity index (χ0n) is 13.1. The summed E-state index contributed by atoms with van der Waals surface area (Å²) in [5.74, 6) is 1.01. The number of halogens is 1. The molecule has 1 aliphatic heterocycles. The molecule has 3 heterocycles. The minimum Gasteiger partial charge on any atom is -0.355 e. The maximum atomic E-state index is 12.5. The first-order chi connectivity index (χ1) is 11.1. The van der Waals surface area contributed by atoms with Gasteiger partial charge in [0.2, 0.25) is 5.91 Å². The Balaban J connectivity index is 1.62. The molecule has 1 amide bonds. The van der Waals surface area contributed by atoms with Crippen molar-refractivity contribution in [3.05, 3.63) is 41.8 Å². The molecule has 0 N–H and O–H groups in total. The number of anilines is 1. The Morgan fingerprint density at radius 1 is 1.48 bits per heavy atom. The number of piperidine rings is 1. The number of pyridine rings is 1. The standard InChI is InChI=1S/C16H20ClN5O/c1-20(16(23)12-22-10-13(17)9-19-22)14-5-4-8-21(11-14)15-6-2-3-7-18-15/h2-3,6-7,9-10,14H,4-5,8,11-12H2,1H3/t14-/m0/s1. The monoisotopic (exact) mass is 333 g/mol. The maximum Gasteiger partial charge on any atom is 0.244 e. The average molecular weight is 334 g/mol. The predicted molar refractivity (Wildman–Crippen MR) is 89.5 cm³/mol. The van der Waals surface area contributed by atoms with Crippen molar-refractivity contribution in [3.8, 4) is 0 Å². The average Bonchev–Trinajstić information content (AvgIpc) is 3.00. The number of rotatable bonds is 4. The summed E-state index contributed by atoms with van der Waals surface area (Å²) in [5, 5.41) is 4.60. The summed E-state index contributed by atoms with van der Waals surface area (Å²) >= 11 is 5.84. The Morgan fingerprint density at radius 3 is 3.04 bits per heavy atom. The number of aromatic nitrogens is 3. The molecule has 7 heteroatoms. The highest BCUT2D eigenvalue weighted by atomic mass is 35.5. The summed E-state index contributed by atoms with van der Waals surface area (Å²) in [7, 11) is 1.86. The molecule has 1 saturated heterocycles. The second-order valence-electron chi connectivity index (χ2n) is 5.79. The summed E-state index contributed by atoms with van der Waals surface area (Å²) in [6, 6.07) is 6.10. The lowest BCUT2D eigenvalue weighted by molar-refractivity contribution is -0.133. The summed E-state index contributed by atoms with van der Waals surface area (Å²) < 4.78 is 1.57.